The Morgan fingerprint density at radius 3 is 2.28 bits per heavy atom. The molecule has 0 radical (unpaired) electrons. The van der Waals surface area contributed by atoms with Crippen molar-refractivity contribution in [1.82, 2.24) is 4.68 Å². The van der Waals surface area contributed by atoms with Crippen molar-refractivity contribution in [1.29, 1.82) is 0 Å². The highest BCUT2D eigenvalue weighted by Crippen LogP contribution is 2.26. The molecule has 1 heterocycles. The molecule has 1 aromatic carbocycles. The van der Waals surface area contributed by atoms with Gasteiger partial charge >= 0.3 is 0 Å². The van der Waals surface area contributed by atoms with Gasteiger partial charge in [0.15, 0.2) is 0 Å². The second kappa shape index (κ2) is 4.77. The summed E-state index contributed by atoms with van der Waals surface area (Å²) in [6.45, 7) is 8.20. The SMILES string of the molecule is Cc1ccc(O)c(C(C)Nn2c(C)ccc2C)c1. The molecule has 0 fully saturated rings. The molecule has 3 heteroatoms. The maximum absolute atomic E-state index is 9.92. The summed E-state index contributed by atoms with van der Waals surface area (Å²) in [6, 6.07) is 9.88. The van der Waals surface area contributed by atoms with Crippen molar-refractivity contribution in [3.8, 4) is 5.75 Å². The van der Waals surface area contributed by atoms with E-state index in [9.17, 15) is 5.11 Å². The molecular weight excluding hydrogens is 224 g/mol. The maximum atomic E-state index is 9.92. The average molecular weight is 244 g/mol. The fourth-order valence-corrected chi connectivity index (χ4v) is 2.16. The van der Waals surface area contributed by atoms with Crippen LogP contribution in [0.2, 0.25) is 0 Å². The van der Waals surface area contributed by atoms with Crippen molar-refractivity contribution in [3.63, 3.8) is 0 Å². The second-order valence-corrected chi connectivity index (χ2v) is 4.86. The van der Waals surface area contributed by atoms with Crippen LogP contribution in [0.4, 0.5) is 0 Å². The Kier molecular flexibility index (Phi) is 3.32. The van der Waals surface area contributed by atoms with Crippen LogP contribution < -0.4 is 5.43 Å². The van der Waals surface area contributed by atoms with Crippen LogP contribution in [-0.2, 0) is 0 Å². The Morgan fingerprint density at radius 1 is 1.06 bits per heavy atom. The molecule has 0 saturated carbocycles. The van der Waals surface area contributed by atoms with Crippen LogP contribution in [0.25, 0.3) is 0 Å². The average Bonchev–Trinajstić information content (AvgIpc) is 2.64. The summed E-state index contributed by atoms with van der Waals surface area (Å²) in [5.41, 5.74) is 7.79. The fraction of sp³-hybridized carbons (Fsp3) is 0.333. The molecule has 18 heavy (non-hydrogen) atoms. The molecule has 0 spiro atoms. The largest absolute Gasteiger partial charge is 0.508 e. The number of aromatic nitrogens is 1. The Labute approximate surface area is 108 Å². The number of phenolic OH excluding ortho intramolecular Hbond substituents is 1. The molecule has 0 bridgehead atoms. The van der Waals surface area contributed by atoms with E-state index >= 15 is 0 Å². The molecule has 1 atom stereocenters. The van der Waals surface area contributed by atoms with Gasteiger partial charge in [-0.1, -0.05) is 17.7 Å². The predicted octanol–water partition coefficient (Wildman–Crippen LogP) is 3.42. The summed E-state index contributed by atoms with van der Waals surface area (Å²) in [5, 5.41) is 9.92. The van der Waals surface area contributed by atoms with Crippen molar-refractivity contribution in [2.45, 2.75) is 33.7 Å². The first kappa shape index (κ1) is 12.6. The molecule has 0 aliphatic heterocycles. The fourth-order valence-electron chi connectivity index (χ4n) is 2.16. The number of aromatic hydroxyl groups is 1. The highest BCUT2D eigenvalue weighted by Gasteiger charge is 2.12. The van der Waals surface area contributed by atoms with Crippen LogP contribution in [0.3, 0.4) is 0 Å². The summed E-state index contributed by atoms with van der Waals surface area (Å²) < 4.78 is 2.05. The summed E-state index contributed by atoms with van der Waals surface area (Å²) in [5.74, 6) is 0.336. The van der Waals surface area contributed by atoms with Gasteiger partial charge in [-0.15, -0.1) is 0 Å². The van der Waals surface area contributed by atoms with E-state index in [0.29, 0.717) is 5.75 Å². The number of benzene rings is 1. The maximum Gasteiger partial charge on any atom is 0.120 e. The first-order chi connectivity index (χ1) is 8.49. The normalized spacial score (nSPS) is 12.4. The topological polar surface area (TPSA) is 37.2 Å². The molecule has 96 valence electrons. The minimum atomic E-state index is 0.0506. The lowest BCUT2D eigenvalue weighted by Crippen LogP contribution is -2.21. The first-order valence-electron chi connectivity index (χ1n) is 6.20. The third-order valence-electron chi connectivity index (χ3n) is 3.24. The van der Waals surface area contributed by atoms with E-state index in [1.807, 2.05) is 30.7 Å². The van der Waals surface area contributed by atoms with E-state index in [4.69, 9.17) is 0 Å². The highest BCUT2D eigenvalue weighted by atomic mass is 16.3. The molecule has 0 aliphatic carbocycles. The Morgan fingerprint density at radius 2 is 1.67 bits per heavy atom. The van der Waals surface area contributed by atoms with E-state index < -0.39 is 0 Å². The van der Waals surface area contributed by atoms with Gasteiger partial charge in [-0.05, 0) is 45.9 Å². The summed E-state index contributed by atoms with van der Waals surface area (Å²) in [4.78, 5) is 0. The van der Waals surface area contributed by atoms with Gasteiger partial charge in [0.25, 0.3) is 0 Å². The molecule has 2 rings (SSSR count). The highest BCUT2D eigenvalue weighted by molar-refractivity contribution is 5.39. The third kappa shape index (κ3) is 2.35. The molecule has 0 saturated heterocycles. The summed E-state index contributed by atoms with van der Waals surface area (Å²) in [7, 11) is 0. The number of aryl methyl sites for hydroxylation is 3. The predicted molar refractivity (Wildman–Crippen MR) is 74.5 cm³/mol. The molecule has 3 nitrogen and oxygen atoms in total. The van der Waals surface area contributed by atoms with Gasteiger partial charge in [0.2, 0.25) is 0 Å². The minimum absolute atomic E-state index is 0.0506. The zero-order valence-electron chi connectivity index (χ0n) is 11.4. The number of hydrogen-bond acceptors (Lipinski definition) is 2. The van der Waals surface area contributed by atoms with Gasteiger partial charge in [0, 0.05) is 17.0 Å². The standard InChI is InChI=1S/C15H20N2O/c1-10-5-8-15(18)14(9-10)13(4)16-17-11(2)6-7-12(17)3/h5-9,13,16,18H,1-4H3. The van der Waals surface area contributed by atoms with Gasteiger partial charge in [0.05, 0.1) is 6.04 Å². The Hall–Kier alpha value is -1.90. The monoisotopic (exact) mass is 244 g/mol. The number of nitrogens with one attached hydrogen (secondary N) is 1. The van der Waals surface area contributed by atoms with Crippen LogP contribution in [0.15, 0.2) is 30.3 Å². The lowest BCUT2D eigenvalue weighted by Gasteiger charge is -2.21. The number of nitrogens with zero attached hydrogens (tertiary/aromatic N) is 1. The van der Waals surface area contributed by atoms with Crippen molar-refractivity contribution in [2.24, 2.45) is 0 Å². The molecule has 0 amide bonds. The van der Waals surface area contributed by atoms with Crippen LogP contribution >= 0.6 is 0 Å². The van der Waals surface area contributed by atoms with Crippen molar-refractivity contribution < 1.29 is 5.11 Å². The molecular formula is C15H20N2O. The molecule has 1 aromatic heterocycles. The number of phenols is 1. The molecule has 1 unspecified atom stereocenters. The lowest BCUT2D eigenvalue weighted by atomic mass is 10.1. The zero-order valence-corrected chi connectivity index (χ0v) is 11.4. The van der Waals surface area contributed by atoms with Crippen LogP contribution in [0, 0.1) is 20.8 Å². The third-order valence-corrected chi connectivity index (χ3v) is 3.24. The summed E-state index contributed by atoms with van der Waals surface area (Å²) in [6.07, 6.45) is 0. The second-order valence-electron chi connectivity index (χ2n) is 4.86. The van der Waals surface area contributed by atoms with Crippen LogP contribution in [-0.4, -0.2) is 9.78 Å². The zero-order chi connectivity index (χ0) is 13.3. The van der Waals surface area contributed by atoms with Crippen molar-refractivity contribution >= 4 is 0 Å². The van der Waals surface area contributed by atoms with Crippen molar-refractivity contribution in [2.75, 3.05) is 5.43 Å². The van der Waals surface area contributed by atoms with Crippen molar-refractivity contribution in [3.05, 3.63) is 52.8 Å². The Bertz CT molecular complexity index is 538. The van der Waals surface area contributed by atoms with Gasteiger partial charge in [-0.3, -0.25) is 4.68 Å². The number of rotatable bonds is 3. The van der Waals surface area contributed by atoms with E-state index in [1.54, 1.807) is 6.07 Å². The first-order valence-corrected chi connectivity index (χ1v) is 6.20. The summed E-state index contributed by atoms with van der Waals surface area (Å²) >= 11 is 0. The molecule has 0 aliphatic rings. The quantitative estimate of drug-likeness (QED) is 0.868. The van der Waals surface area contributed by atoms with E-state index in [2.05, 4.69) is 31.4 Å². The molecule has 2 N–H and O–H groups in total. The van der Waals surface area contributed by atoms with Gasteiger partial charge in [-0.25, -0.2) is 0 Å². The van der Waals surface area contributed by atoms with E-state index in [1.165, 1.54) is 0 Å². The van der Waals surface area contributed by atoms with Gasteiger partial charge in [0.1, 0.15) is 5.75 Å². The van der Waals surface area contributed by atoms with Crippen LogP contribution in [0.5, 0.6) is 5.75 Å². The smallest absolute Gasteiger partial charge is 0.120 e. The van der Waals surface area contributed by atoms with Gasteiger partial charge in [-0.2, -0.15) is 0 Å². The lowest BCUT2D eigenvalue weighted by molar-refractivity contribution is 0.463. The number of hydrogen-bond donors (Lipinski definition) is 2. The van der Waals surface area contributed by atoms with Gasteiger partial charge < -0.3 is 10.5 Å². The van der Waals surface area contributed by atoms with Crippen LogP contribution in [0.1, 0.15) is 35.5 Å². The minimum Gasteiger partial charge on any atom is -0.508 e. The van der Waals surface area contributed by atoms with E-state index in [-0.39, 0.29) is 6.04 Å². The molecule has 2 aromatic rings. The van der Waals surface area contributed by atoms with E-state index in [0.717, 1.165) is 22.5 Å². The Balaban J connectivity index is 2.27.